The van der Waals surface area contributed by atoms with E-state index in [0.717, 1.165) is 12.8 Å². The Labute approximate surface area is 66.9 Å². The van der Waals surface area contributed by atoms with Crippen molar-refractivity contribution in [2.24, 2.45) is 0 Å². The van der Waals surface area contributed by atoms with E-state index in [-0.39, 0.29) is 14.3 Å². The van der Waals surface area contributed by atoms with Crippen molar-refractivity contribution in [3.05, 3.63) is 0 Å². The summed E-state index contributed by atoms with van der Waals surface area (Å²) < 4.78 is 9.84. The summed E-state index contributed by atoms with van der Waals surface area (Å²) in [7, 11) is -0.0508. The standard InChI is InChI=1S/C7H11O3P/c8-7(9)5-3-1-2-4-6-11-10/h1-5H2,(H,8,9). The van der Waals surface area contributed by atoms with Crippen molar-refractivity contribution in [1.29, 1.82) is 0 Å². The minimum absolute atomic E-state index is 0.0508. The molecule has 0 aromatic heterocycles. The van der Waals surface area contributed by atoms with Crippen molar-refractivity contribution < 1.29 is 14.5 Å². The monoisotopic (exact) mass is 174 g/mol. The van der Waals surface area contributed by atoms with Gasteiger partial charge in [0.2, 0.25) is 0 Å². The fourth-order valence-electron chi connectivity index (χ4n) is 0.703. The van der Waals surface area contributed by atoms with E-state index in [1.54, 1.807) is 0 Å². The molecule has 0 aromatic rings. The first-order valence-corrected chi connectivity index (χ1v) is 4.35. The molecule has 0 saturated carbocycles. The molecular formula is C7H11O3P. The molecular weight excluding hydrogens is 163 g/mol. The SMILES string of the molecule is O=P#CCCCCCC(=O)O. The van der Waals surface area contributed by atoms with Crippen molar-refractivity contribution in [1.82, 2.24) is 0 Å². The van der Waals surface area contributed by atoms with E-state index < -0.39 is 5.97 Å². The van der Waals surface area contributed by atoms with Gasteiger partial charge in [-0.3, -0.25) is 0 Å². The van der Waals surface area contributed by atoms with Crippen LogP contribution in [0.15, 0.2) is 0 Å². The van der Waals surface area contributed by atoms with Gasteiger partial charge in [0.1, 0.15) is 0 Å². The summed E-state index contributed by atoms with van der Waals surface area (Å²) in [6.45, 7) is 0. The van der Waals surface area contributed by atoms with Crippen LogP contribution >= 0.6 is 7.92 Å². The number of carbonyl (C=O) groups is 1. The van der Waals surface area contributed by atoms with Crippen LogP contribution < -0.4 is 0 Å². The Morgan fingerprint density at radius 3 is 2.64 bits per heavy atom. The summed E-state index contributed by atoms with van der Waals surface area (Å²) in [5.41, 5.74) is 2.61. The zero-order chi connectivity index (χ0) is 8.53. The molecule has 0 saturated heterocycles. The molecule has 0 unspecified atom stereocenters. The van der Waals surface area contributed by atoms with Crippen LogP contribution in [0.2, 0.25) is 0 Å². The van der Waals surface area contributed by atoms with Crippen LogP contribution in [0.4, 0.5) is 0 Å². The van der Waals surface area contributed by atoms with Crippen LogP contribution in [0.1, 0.15) is 32.1 Å². The van der Waals surface area contributed by atoms with E-state index in [9.17, 15) is 9.36 Å². The van der Waals surface area contributed by atoms with Gasteiger partial charge >= 0.3 is 66.1 Å². The van der Waals surface area contributed by atoms with Crippen LogP contribution in [-0.2, 0) is 9.36 Å². The van der Waals surface area contributed by atoms with Gasteiger partial charge < -0.3 is 0 Å². The summed E-state index contributed by atoms with van der Waals surface area (Å²) in [6, 6.07) is 0. The molecule has 0 amide bonds. The molecule has 0 spiro atoms. The normalized spacial score (nSPS) is 8.73. The maximum absolute atomic E-state index is 10.0. The van der Waals surface area contributed by atoms with Gasteiger partial charge in [-0.25, -0.2) is 0 Å². The molecule has 0 heterocycles. The average molecular weight is 174 g/mol. The summed E-state index contributed by atoms with van der Waals surface area (Å²) in [6.07, 6.45) is 3.36. The van der Waals surface area contributed by atoms with E-state index in [0.29, 0.717) is 12.8 Å². The van der Waals surface area contributed by atoms with Crippen molar-refractivity contribution >= 4 is 13.9 Å². The molecule has 0 aliphatic heterocycles. The second kappa shape index (κ2) is 7.59. The Balaban J connectivity index is 3.06. The number of hydrogen-bond donors (Lipinski definition) is 1. The maximum atomic E-state index is 10.0. The van der Waals surface area contributed by atoms with Gasteiger partial charge in [0.15, 0.2) is 0 Å². The van der Waals surface area contributed by atoms with Crippen LogP contribution in [0.25, 0.3) is 0 Å². The molecule has 0 fully saturated rings. The number of hydrogen-bond acceptors (Lipinski definition) is 2. The Hall–Kier alpha value is -0.520. The summed E-state index contributed by atoms with van der Waals surface area (Å²) in [4.78, 5) is 10.0. The number of carboxylic acids is 1. The zero-order valence-electron chi connectivity index (χ0n) is 6.25. The predicted octanol–water partition coefficient (Wildman–Crippen LogP) is 2.27. The van der Waals surface area contributed by atoms with Gasteiger partial charge in [-0.2, -0.15) is 0 Å². The molecule has 0 radical (unpaired) electrons. The second-order valence-corrected chi connectivity index (χ2v) is 2.70. The van der Waals surface area contributed by atoms with Crippen molar-refractivity contribution in [3.63, 3.8) is 0 Å². The summed E-state index contributed by atoms with van der Waals surface area (Å²) >= 11 is 0. The fourth-order valence-corrected chi connectivity index (χ4v) is 0.952. The third-order valence-corrected chi connectivity index (χ3v) is 1.60. The number of unbranched alkanes of at least 4 members (excludes halogenated alkanes) is 3. The molecule has 0 aliphatic carbocycles. The van der Waals surface area contributed by atoms with Gasteiger partial charge in [-0.1, -0.05) is 0 Å². The van der Waals surface area contributed by atoms with Gasteiger partial charge in [0.25, 0.3) is 0 Å². The zero-order valence-corrected chi connectivity index (χ0v) is 7.14. The van der Waals surface area contributed by atoms with Crippen molar-refractivity contribution in [3.8, 4) is 5.63 Å². The first kappa shape index (κ1) is 10.5. The molecule has 62 valence electrons. The molecule has 1 N–H and O–H groups in total. The Morgan fingerprint density at radius 1 is 1.36 bits per heavy atom. The molecule has 0 aromatic carbocycles. The van der Waals surface area contributed by atoms with Gasteiger partial charge in [-0.05, 0) is 0 Å². The van der Waals surface area contributed by atoms with E-state index in [1.165, 1.54) is 0 Å². The second-order valence-electron chi connectivity index (χ2n) is 2.20. The Morgan fingerprint density at radius 2 is 2.09 bits per heavy atom. The molecule has 3 nitrogen and oxygen atoms in total. The quantitative estimate of drug-likeness (QED) is 0.513. The average Bonchev–Trinajstić information content (AvgIpc) is 1.96. The summed E-state index contributed by atoms with van der Waals surface area (Å²) in [5.74, 6) is -0.750. The third-order valence-electron chi connectivity index (χ3n) is 1.24. The first-order valence-electron chi connectivity index (χ1n) is 3.54. The molecule has 11 heavy (non-hydrogen) atoms. The molecule has 0 bridgehead atoms. The van der Waals surface area contributed by atoms with E-state index in [4.69, 9.17) is 5.11 Å². The Kier molecular flexibility index (Phi) is 7.23. The third kappa shape index (κ3) is 9.48. The topological polar surface area (TPSA) is 54.4 Å². The number of aliphatic carboxylic acids is 1. The van der Waals surface area contributed by atoms with Crippen molar-refractivity contribution in [2.45, 2.75) is 32.1 Å². The van der Waals surface area contributed by atoms with Gasteiger partial charge in [-0.15, -0.1) is 0 Å². The molecule has 0 rings (SSSR count). The minimum atomic E-state index is -0.750. The predicted molar refractivity (Wildman–Crippen MR) is 42.2 cm³/mol. The number of carboxylic acid groups (broad SMARTS) is 1. The Bertz CT molecular complexity index is 205. The van der Waals surface area contributed by atoms with E-state index in [1.807, 2.05) is 0 Å². The molecule has 0 aliphatic rings. The van der Waals surface area contributed by atoms with E-state index in [2.05, 4.69) is 5.63 Å². The van der Waals surface area contributed by atoms with Crippen LogP contribution in [0, 0.1) is 5.63 Å². The van der Waals surface area contributed by atoms with Crippen LogP contribution in [0.5, 0.6) is 0 Å². The first-order chi connectivity index (χ1) is 5.27. The summed E-state index contributed by atoms with van der Waals surface area (Å²) in [5, 5.41) is 8.25. The molecule has 4 heteroatoms. The van der Waals surface area contributed by atoms with Crippen LogP contribution in [-0.4, -0.2) is 11.1 Å². The van der Waals surface area contributed by atoms with Gasteiger partial charge in [0.05, 0.1) is 0 Å². The van der Waals surface area contributed by atoms with E-state index >= 15 is 0 Å². The number of rotatable bonds is 5. The van der Waals surface area contributed by atoms with Crippen molar-refractivity contribution in [2.75, 3.05) is 0 Å². The van der Waals surface area contributed by atoms with Crippen LogP contribution in [0.3, 0.4) is 0 Å². The fraction of sp³-hybridized carbons (Fsp3) is 0.714. The van der Waals surface area contributed by atoms with Gasteiger partial charge in [0, 0.05) is 0 Å². The molecule has 0 atom stereocenters.